The predicted octanol–water partition coefficient (Wildman–Crippen LogP) is 2.03. The number of aromatic amines is 1. The monoisotopic (exact) mass is 392 g/mol. The molecule has 1 aromatic carbocycles. The molecule has 4 rings (SSSR count). The molecule has 0 bridgehead atoms. The van der Waals surface area contributed by atoms with Crippen molar-refractivity contribution in [3.63, 3.8) is 0 Å². The van der Waals surface area contributed by atoms with Crippen LogP contribution < -0.4 is 15.8 Å². The Kier molecular flexibility index (Phi) is 4.61. The van der Waals surface area contributed by atoms with Gasteiger partial charge in [0.2, 0.25) is 0 Å². The molecule has 27 heavy (non-hydrogen) atoms. The largest absolute Gasteiger partial charge is 0.530 e. The van der Waals surface area contributed by atoms with E-state index < -0.39 is 31.4 Å². The van der Waals surface area contributed by atoms with E-state index in [0.717, 1.165) is 5.56 Å². The molecular formula is C17H17N2O7P. The number of aryl methyl sites for hydroxylation is 1. The number of phosphoric ester groups is 1. The van der Waals surface area contributed by atoms with Gasteiger partial charge in [0.1, 0.15) is 11.9 Å². The van der Waals surface area contributed by atoms with Gasteiger partial charge in [-0.1, -0.05) is 24.3 Å². The molecule has 0 amide bonds. The highest BCUT2D eigenvalue weighted by Gasteiger charge is 2.35. The van der Waals surface area contributed by atoms with Crippen LogP contribution in [0.2, 0.25) is 0 Å². The van der Waals surface area contributed by atoms with Crippen molar-refractivity contribution in [3.05, 3.63) is 74.6 Å². The molecule has 0 spiro atoms. The maximum Gasteiger partial charge on any atom is 0.530 e. The molecule has 0 aliphatic carbocycles. The second kappa shape index (κ2) is 6.94. The Morgan fingerprint density at radius 1 is 1.30 bits per heavy atom. The molecular weight excluding hydrogens is 375 g/mol. The van der Waals surface area contributed by atoms with Gasteiger partial charge in [-0.25, -0.2) is 9.36 Å². The molecule has 3 atom stereocenters. The van der Waals surface area contributed by atoms with Gasteiger partial charge < -0.3 is 9.26 Å². The Morgan fingerprint density at radius 3 is 2.96 bits per heavy atom. The van der Waals surface area contributed by atoms with Gasteiger partial charge in [-0.3, -0.25) is 23.4 Å². The van der Waals surface area contributed by atoms with E-state index in [9.17, 15) is 14.2 Å². The number of hydrogen-bond donors (Lipinski definition) is 1. The molecule has 0 radical (unpaired) electrons. The third kappa shape index (κ3) is 3.68. The van der Waals surface area contributed by atoms with Gasteiger partial charge in [-0.15, -0.1) is 0 Å². The number of fused-ring (bicyclic) bond motifs is 1. The van der Waals surface area contributed by atoms with Gasteiger partial charge >= 0.3 is 13.5 Å². The third-order valence-corrected chi connectivity index (χ3v) is 5.51. The van der Waals surface area contributed by atoms with Crippen LogP contribution in [0.25, 0.3) is 0 Å². The summed E-state index contributed by atoms with van der Waals surface area (Å²) < 4.78 is 35.5. The maximum atomic E-state index is 12.6. The number of ether oxygens (including phenoxy) is 1. The van der Waals surface area contributed by atoms with Crippen LogP contribution in [0.15, 0.2) is 52.2 Å². The normalized spacial score (nSPS) is 26.6. The molecule has 9 nitrogen and oxygen atoms in total. The van der Waals surface area contributed by atoms with Crippen molar-refractivity contribution in [2.24, 2.45) is 0 Å². The summed E-state index contributed by atoms with van der Waals surface area (Å²) in [5, 5.41) is 0. The molecule has 142 valence electrons. The van der Waals surface area contributed by atoms with E-state index in [1.54, 1.807) is 31.2 Å². The second-order valence-corrected chi connectivity index (χ2v) is 7.74. The second-order valence-electron chi connectivity index (χ2n) is 6.14. The number of phosphoric acid groups is 1. The van der Waals surface area contributed by atoms with E-state index in [2.05, 4.69) is 4.98 Å². The lowest BCUT2D eigenvalue weighted by molar-refractivity contribution is -0.0130. The number of H-pyrrole nitrogens is 1. The summed E-state index contributed by atoms with van der Waals surface area (Å²) in [5.41, 5.74) is 0.157. The molecule has 3 heterocycles. The van der Waals surface area contributed by atoms with Crippen molar-refractivity contribution in [2.75, 3.05) is 6.61 Å². The maximum absolute atomic E-state index is 12.6. The quantitative estimate of drug-likeness (QED) is 0.626. The van der Waals surface area contributed by atoms with Gasteiger partial charge in [0.15, 0.2) is 6.23 Å². The first kappa shape index (κ1) is 17.9. The molecule has 0 saturated carbocycles. The molecule has 1 aromatic heterocycles. The first-order valence-electron chi connectivity index (χ1n) is 8.26. The molecule has 2 aromatic rings. The van der Waals surface area contributed by atoms with E-state index in [0.29, 0.717) is 11.3 Å². The minimum absolute atomic E-state index is 0.0798. The van der Waals surface area contributed by atoms with E-state index in [1.807, 2.05) is 12.1 Å². The summed E-state index contributed by atoms with van der Waals surface area (Å²) in [4.78, 5) is 25.6. The number of para-hydroxylation sites is 1. The minimum atomic E-state index is -3.74. The van der Waals surface area contributed by atoms with E-state index in [4.69, 9.17) is 18.3 Å². The molecule has 2 aliphatic rings. The first-order chi connectivity index (χ1) is 12.9. The highest BCUT2D eigenvalue weighted by atomic mass is 31.2. The molecule has 0 unspecified atom stereocenters. The van der Waals surface area contributed by atoms with Crippen LogP contribution in [0.5, 0.6) is 5.75 Å². The Balaban J connectivity index is 1.39. The lowest BCUT2D eigenvalue weighted by Gasteiger charge is -2.25. The number of hydrogen-bond acceptors (Lipinski definition) is 7. The summed E-state index contributed by atoms with van der Waals surface area (Å²) in [6.45, 7) is 1.64. The van der Waals surface area contributed by atoms with Gasteiger partial charge in [0, 0.05) is 17.3 Å². The van der Waals surface area contributed by atoms with Crippen molar-refractivity contribution in [2.45, 2.75) is 25.9 Å². The van der Waals surface area contributed by atoms with Crippen LogP contribution in [-0.4, -0.2) is 22.3 Å². The van der Waals surface area contributed by atoms with Crippen LogP contribution >= 0.6 is 7.82 Å². The molecule has 0 saturated heterocycles. The summed E-state index contributed by atoms with van der Waals surface area (Å²) in [7, 11) is -3.74. The van der Waals surface area contributed by atoms with Crippen LogP contribution in [0, 0.1) is 6.92 Å². The SMILES string of the molecule is Cc1cn([C@H]2C=C[C@@H](CO[P@@]3(=O)OCc4ccccc4O3)O2)c(=O)[nH]c1=O. The standard InChI is InChI=1S/C17H17N2O7P/c1-11-8-19(17(21)18-16(11)20)15-7-6-13(25-15)10-24-27(22)23-9-12-4-2-3-5-14(12)26-27/h2-8,13,15H,9-10H2,1H3,(H,18,20,21)/t13-,15+,27+/m0/s1. The fourth-order valence-corrected chi connectivity index (χ4v) is 3.98. The Labute approximate surface area is 153 Å². The highest BCUT2D eigenvalue weighted by molar-refractivity contribution is 7.49. The minimum Gasteiger partial charge on any atom is -0.404 e. The zero-order chi connectivity index (χ0) is 19.0. The molecule has 2 aliphatic heterocycles. The lowest BCUT2D eigenvalue weighted by Crippen LogP contribution is -2.33. The Hall–Kier alpha value is -2.45. The number of rotatable bonds is 4. The van der Waals surface area contributed by atoms with Crippen molar-refractivity contribution in [1.29, 1.82) is 0 Å². The fourth-order valence-electron chi connectivity index (χ4n) is 2.75. The fraction of sp³-hybridized carbons (Fsp3) is 0.294. The van der Waals surface area contributed by atoms with Crippen molar-refractivity contribution >= 4 is 7.82 Å². The van der Waals surface area contributed by atoms with Gasteiger partial charge in [0.05, 0.1) is 13.2 Å². The molecule has 1 N–H and O–H groups in total. The van der Waals surface area contributed by atoms with Crippen LogP contribution in [0.4, 0.5) is 0 Å². The summed E-state index contributed by atoms with van der Waals surface area (Å²) >= 11 is 0. The smallest absolute Gasteiger partial charge is 0.404 e. The molecule has 0 fully saturated rings. The van der Waals surface area contributed by atoms with Crippen LogP contribution in [-0.2, 0) is 25.0 Å². The van der Waals surface area contributed by atoms with E-state index >= 15 is 0 Å². The van der Waals surface area contributed by atoms with E-state index in [1.165, 1.54) is 10.8 Å². The van der Waals surface area contributed by atoms with Crippen LogP contribution in [0.1, 0.15) is 17.4 Å². The van der Waals surface area contributed by atoms with Crippen molar-refractivity contribution in [3.8, 4) is 5.75 Å². The zero-order valence-electron chi connectivity index (χ0n) is 14.4. The zero-order valence-corrected chi connectivity index (χ0v) is 15.3. The average Bonchev–Trinajstić information content (AvgIpc) is 3.12. The summed E-state index contributed by atoms with van der Waals surface area (Å²) in [6.07, 6.45) is 3.51. The number of aromatic nitrogens is 2. The summed E-state index contributed by atoms with van der Waals surface area (Å²) in [5.74, 6) is 0.461. The Morgan fingerprint density at radius 2 is 2.11 bits per heavy atom. The highest BCUT2D eigenvalue weighted by Crippen LogP contribution is 2.54. The Bertz CT molecular complexity index is 1060. The number of nitrogens with zero attached hydrogens (tertiary/aromatic N) is 1. The topological polar surface area (TPSA) is 109 Å². The lowest BCUT2D eigenvalue weighted by atomic mass is 10.2. The van der Waals surface area contributed by atoms with E-state index in [-0.39, 0.29) is 13.2 Å². The number of nitrogens with one attached hydrogen (secondary N) is 1. The van der Waals surface area contributed by atoms with Gasteiger partial charge in [0.25, 0.3) is 5.56 Å². The predicted molar refractivity (Wildman–Crippen MR) is 94.5 cm³/mol. The number of benzene rings is 1. The molecule has 10 heteroatoms. The van der Waals surface area contributed by atoms with Gasteiger partial charge in [-0.05, 0) is 19.1 Å². The van der Waals surface area contributed by atoms with Gasteiger partial charge in [-0.2, -0.15) is 0 Å². The first-order valence-corrected chi connectivity index (χ1v) is 9.72. The van der Waals surface area contributed by atoms with Crippen LogP contribution in [0.3, 0.4) is 0 Å². The van der Waals surface area contributed by atoms with Crippen molar-refractivity contribution < 1.29 is 22.9 Å². The van der Waals surface area contributed by atoms with Crippen molar-refractivity contribution in [1.82, 2.24) is 9.55 Å². The third-order valence-electron chi connectivity index (χ3n) is 4.18. The average molecular weight is 392 g/mol. The summed E-state index contributed by atoms with van der Waals surface area (Å²) in [6, 6.07) is 7.11.